The molecule has 0 spiro atoms. The molecule has 3 aromatic rings. The number of aryl methyl sites for hydroxylation is 2. The van der Waals surface area contributed by atoms with E-state index in [1.807, 2.05) is 24.3 Å². The van der Waals surface area contributed by atoms with Gasteiger partial charge in [0, 0.05) is 18.4 Å². The number of anilines is 3. The molecule has 144 valence electrons. The summed E-state index contributed by atoms with van der Waals surface area (Å²) < 4.78 is 10.8. The van der Waals surface area contributed by atoms with Gasteiger partial charge in [0.25, 0.3) is 0 Å². The quantitative estimate of drug-likeness (QED) is 0.624. The Morgan fingerprint density at radius 2 is 1.75 bits per heavy atom. The fourth-order valence-electron chi connectivity index (χ4n) is 3.28. The molecule has 6 nitrogen and oxygen atoms in total. The van der Waals surface area contributed by atoms with Crippen molar-refractivity contribution in [2.24, 2.45) is 0 Å². The predicted molar refractivity (Wildman–Crippen MR) is 110 cm³/mol. The number of nitrogens with one attached hydrogen (secondary N) is 2. The monoisotopic (exact) mass is 376 g/mol. The fraction of sp³-hybridized carbons (Fsp3) is 0.273. The average molecular weight is 376 g/mol. The first kappa shape index (κ1) is 18.1. The first-order valence-corrected chi connectivity index (χ1v) is 9.60. The van der Waals surface area contributed by atoms with Gasteiger partial charge in [0.2, 0.25) is 12.7 Å². The molecule has 1 aromatic heterocycles. The normalized spacial score (nSPS) is 12.1. The Morgan fingerprint density at radius 3 is 2.54 bits per heavy atom. The molecule has 2 aromatic carbocycles. The third-order valence-electron chi connectivity index (χ3n) is 4.80. The van der Waals surface area contributed by atoms with E-state index >= 15 is 0 Å². The van der Waals surface area contributed by atoms with Crippen molar-refractivity contribution in [2.75, 3.05) is 17.4 Å². The van der Waals surface area contributed by atoms with Crippen molar-refractivity contribution in [1.82, 2.24) is 9.97 Å². The van der Waals surface area contributed by atoms with Gasteiger partial charge < -0.3 is 20.1 Å². The minimum Gasteiger partial charge on any atom is -0.454 e. The summed E-state index contributed by atoms with van der Waals surface area (Å²) in [4.78, 5) is 9.01. The summed E-state index contributed by atoms with van der Waals surface area (Å²) in [7, 11) is 0. The van der Waals surface area contributed by atoms with Crippen molar-refractivity contribution in [1.29, 1.82) is 0 Å². The number of benzene rings is 2. The highest BCUT2D eigenvalue weighted by atomic mass is 16.7. The highest BCUT2D eigenvalue weighted by Gasteiger charge is 2.13. The van der Waals surface area contributed by atoms with Crippen LogP contribution in [0, 0.1) is 0 Å². The number of nitrogens with zero attached hydrogens (tertiary/aromatic N) is 2. The Balaban J connectivity index is 1.48. The molecule has 0 radical (unpaired) electrons. The lowest BCUT2D eigenvalue weighted by atomic mass is 10.0. The second-order valence-corrected chi connectivity index (χ2v) is 6.59. The molecule has 0 aliphatic carbocycles. The van der Waals surface area contributed by atoms with Crippen molar-refractivity contribution in [3.8, 4) is 11.5 Å². The van der Waals surface area contributed by atoms with Gasteiger partial charge >= 0.3 is 0 Å². The number of hydrogen-bond donors (Lipinski definition) is 2. The molecule has 0 fully saturated rings. The van der Waals surface area contributed by atoms with Gasteiger partial charge in [0.1, 0.15) is 5.82 Å². The van der Waals surface area contributed by atoms with E-state index in [0.29, 0.717) is 12.5 Å². The van der Waals surface area contributed by atoms with Gasteiger partial charge in [0.15, 0.2) is 11.5 Å². The molecule has 6 heteroatoms. The minimum atomic E-state index is 0.284. The third-order valence-corrected chi connectivity index (χ3v) is 4.80. The molecule has 28 heavy (non-hydrogen) atoms. The number of fused-ring (bicyclic) bond motifs is 1. The van der Waals surface area contributed by atoms with Gasteiger partial charge in [-0.25, -0.2) is 4.98 Å². The topological polar surface area (TPSA) is 68.3 Å². The van der Waals surface area contributed by atoms with E-state index in [4.69, 9.17) is 9.47 Å². The SMILES string of the molecule is CCc1cccc(CC)c1Nc1nccc(NCc2ccc3c(c2)OCO3)n1. The maximum atomic E-state index is 5.43. The highest BCUT2D eigenvalue weighted by Crippen LogP contribution is 2.32. The smallest absolute Gasteiger partial charge is 0.231 e. The van der Waals surface area contributed by atoms with E-state index in [1.54, 1.807) is 6.20 Å². The summed E-state index contributed by atoms with van der Waals surface area (Å²) >= 11 is 0. The molecular formula is C22H24N4O2. The van der Waals surface area contributed by atoms with Crippen LogP contribution in [-0.2, 0) is 19.4 Å². The van der Waals surface area contributed by atoms with Gasteiger partial charge in [-0.05, 0) is 47.7 Å². The Labute approximate surface area is 164 Å². The Bertz CT molecular complexity index is 952. The van der Waals surface area contributed by atoms with Crippen molar-refractivity contribution >= 4 is 17.5 Å². The molecule has 1 aliphatic heterocycles. The first-order valence-electron chi connectivity index (χ1n) is 9.60. The summed E-state index contributed by atoms with van der Waals surface area (Å²) in [5.41, 5.74) is 4.74. The number of aromatic nitrogens is 2. The van der Waals surface area contributed by atoms with Crippen LogP contribution >= 0.6 is 0 Å². The molecule has 1 aliphatic rings. The first-order chi connectivity index (χ1) is 13.8. The number of rotatable bonds is 7. The molecule has 0 unspecified atom stereocenters. The van der Waals surface area contributed by atoms with Crippen LogP contribution in [0.5, 0.6) is 11.5 Å². The van der Waals surface area contributed by atoms with Crippen LogP contribution in [0.15, 0.2) is 48.7 Å². The maximum absolute atomic E-state index is 5.43. The predicted octanol–water partition coefficient (Wildman–Crippen LogP) is 4.69. The lowest BCUT2D eigenvalue weighted by molar-refractivity contribution is 0.174. The lowest BCUT2D eigenvalue weighted by Crippen LogP contribution is -2.06. The lowest BCUT2D eigenvalue weighted by Gasteiger charge is -2.15. The number of hydrogen-bond acceptors (Lipinski definition) is 6. The minimum absolute atomic E-state index is 0.284. The van der Waals surface area contributed by atoms with Crippen LogP contribution in [0.4, 0.5) is 17.5 Å². The van der Waals surface area contributed by atoms with Crippen LogP contribution in [-0.4, -0.2) is 16.8 Å². The number of ether oxygens (including phenoxy) is 2. The van der Waals surface area contributed by atoms with Crippen LogP contribution in [0.25, 0.3) is 0 Å². The van der Waals surface area contributed by atoms with E-state index in [-0.39, 0.29) is 6.79 Å². The molecule has 0 saturated heterocycles. The van der Waals surface area contributed by atoms with Crippen molar-refractivity contribution in [3.05, 3.63) is 65.4 Å². The molecule has 0 atom stereocenters. The molecule has 0 amide bonds. The van der Waals surface area contributed by atoms with Gasteiger partial charge in [-0.3, -0.25) is 0 Å². The Hall–Kier alpha value is -3.28. The third kappa shape index (κ3) is 3.86. The Kier molecular flexibility index (Phi) is 5.28. The van der Waals surface area contributed by atoms with E-state index in [0.717, 1.165) is 41.4 Å². The molecule has 0 bridgehead atoms. The van der Waals surface area contributed by atoms with Crippen LogP contribution < -0.4 is 20.1 Å². The second kappa shape index (κ2) is 8.17. The zero-order valence-electron chi connectivity index (χ0n) is 16.2. The van der Waals surface area contributed by atoms with Crippen LogP contribution in [0.3, 0.4) is 0 Å². The standard InChI is InChI=1S/C22H24N4O2/c1-3-16-6-5-7-17(4-2)21(16)26-22-23-11-10-20(25-22)24-13-15-8-9-18-19(12-15)28-14-27-18/h5-12H,3-4,13-14H2,1-2H3,(H2,23,24,25,26). The van der Waals surface area contributed by atoms with E-state index in [1.165, 1.54) is 11.1 Å². The average Bonchev–Trinajstić information content (AvgIpc) is 3.20. The largest absolute Gasteiger partial charge is 0.454 e. The molecule has 2 heterocycles. The fourth-order valence-corrected chi connectivity index (χ4v) is 3.28. The summed E-state index contributed by atoms with van der Waals surface area (Å²) in [6.07, 6.45) is 3.67. The number of para-hydroxylation sites is 1. The Morgan fingerprint density at radius 1 is 0.964 bits per heavy atom. The van der Waals surface area contributed by atoms with Crippen LogP contribution in [0.2, 0.25) is 0 Å². The molecule has 2 N–H and O–H groups in total. The summed E-state index contributed by atoms with van der Waals surface area (Å²) in [6, 6.07) is 14.2. The molecule has 4 rings (SSSR count). The van der Waals surface area contributed by atoms with E-state index in [2.05, 4.69) is 52.6 Å². The molecule has 0 saturated carbocycles. The zero-order valence-corrected chi connectivity index (χ0v) is 16.2. The van der Waals surface area contributed by atoms with Gasteiger partial charge in [0.05, 0.1) is 0 Å². The second-order valence-electron chi connectivity index (χ2n) is 6.59. The summed E-state index contributed by atoms with van der Waals surface area (Å²) in [5, 5.41) is 6.76. The van der Waals surface area contributed by atoms with E-state index in [9.17, 15) is 0 Å². The van der Waals surface area contributed by atoms with Gasteiger partial charge in [-0.2, -0.15) is 4.98 Å². The van der Waals surface area contributed by atoms with Gasteiger partial charge in [-0.15, -0.1) is 0 Å². The van der Waals surface area contributed by atoms with Crippen molar-refractivity contribution in [2.45, 2.75) is 33.2 Å². The van der Waals surface area contributed by atoms with Gasteiger partial charge in [-0.1, -0.05) is 38.1 Å². The van der Waals surface area contributed by atoms with Crippen molar-refractivity contribution in [3.63, 3.8) is 0 Å². The highest BCUT2D eigenvalue weighted by molar-refractivity contribution is 5.64. The van der Waals surface area contributed by atoms with Crippen molar-refractivity contribution < 1.29 is 9.47 Å². The zero-order chi connectivity index (χ0) is 19.3. The summed E-state index contributed by atoms with van der Waals surface area (Å²) in [5.74, 6) is 2.93. The molecular weight excluding hydrogens is 352 g/mol. The van der Waals surface area contributed by atoms with E-state index < -0.39 is 0 Å². The summed E-state index contributed by atoms with van der Waals surface area (Å²) in [6.45, 7) is 5.24. The maximum Gasteiger partial charge on any atom is 0.231 e. The van der Waals surface area contributed by atoms with Crippen LogP contribution in [0.1, 0.15) is 30.5 Å².